The van der Waals surface area contributed by atoms with Crippen molar-refractivity contribution in [3.8, 4) is 11.1 Å². The third-order valence-electron chi connectivity index (χ3n) is 3.30. The second-order valence-electron chi connectivity index (χ2n) is 4.61. The Morgan fingerprint density at radius 2 is 1.81 bits per heavy atom. The van der Waals surface area contributed by atoms with Crippen LogP contribution in [-0.4, -0.2) is 23.8 Å². The van der Waals surface area contributed by atoms with Gasteiger partial charge in [0.05, 0.1) is 17.9 Å². The van der Waals surface area contributed by atoms with Crippen LogP contribution in [0.1, 0.15) is 0 Å². The van der Waals surface area contributed by atoms with Gasteiger partial charge in [-0.1, -0.05) is 60.3 Å². The van der Waals surface area contributed by atoms with Gasteiger partial charge < -0.3 is 9.72 Å². The number of para-hydroxylation sites is 1. The Kier molecular flexibility index (Phi) is 3.97. The van der Waals surface area contributed by atoms with Gasteiger partial charge in [0.25, 0.3) is 0 Å². The van der Waals surface area contributed by atoms with Crippen LogP contribution in [0.5, 0.6) is 0 Å². The third kappa shape index (κ3) is 2.81. The van der Waals surface area contributed by atoms with E-state index in [1.54, 1.807) is 0 Å². The summed E-state index contributed by atoms with van der Waals surface area (Å²) in [7, 11) is 1.41. The van der Waals surface area contributed by atoms with E-state index in [4.69, 9.17) is 4.74 Å². The van der Waals surface area contributed by atoms with E-state index in [1.807, 2.05) is 36.4 Å². The number of aromatic nitrogens is 1. The minimum absolute atomic E-state index is 0.224. The highest BCUT2D eigenvalue weighted by atomic mass is 32.2. The van der Waals surface area contributed by atoms with Crippen molar-refractivity contribution in [3.05, 3.63) is 54.6 Å². The number of hydrogen-bond donors (Lipinski definition) is 1. The Balaban J connectivity index is 2.08. The van der Waals surface area contributed by atoms with Gasteiger partial charge in [-0.25, -0.2) is 0 Å². The molecule has 2 aromatic carbocycles. The maximum atomic E-state index is 11.4. The average molecular weight is 297 g/mol. The number of hydrogen-bond acceptors (Lipinski definition) is 3. The second-order valence-corrected chi connectivity index (χ2v) is 5.59. The minimum atomic E-state index is -0.224. The first-order valence-electron chi connectivity index (χ1n) is 6.65. The van der Waals surface area contributed by atoms with Crippen molar-refractivity contribution in [3.63, 3.8) is 0 Å². The standard InChI is InChI=1S/C17H15NO2S/c1-20-15(19)11-21-17-16(12-7-3-2-4-8-12)13-9-5-6-10-14(13)18-17/h2-10,18H,11H2,1H3. The molecule has 3 aromatic rings. The number of esters is 1. The number of thioether (sulfide) groups is 1. The average Bonchev–Trinajstić information content (AvgIpc) is 2.91. The zero-order valence-electron chi connectivity index (χ0n) is 11.6. The van der Waals surface area contributed by atoms with Crippen LogP contribution in [0.3, 0.4) is 0 Å². The molecule has 3 nitrogen and oxygen atoms in total. The van der Waals surface area contributed by atoms with Crippen molar-refractivity contribution in [2.45, 2.75) is 5.03 Å². The van der Waals surface area contributed by atoms with Gasteiger partial charge >= 0.3 is 5.97 Å². The van der Waals surface area contributed by atoms with Crippen molar-refractivity contribution in [2.24, 2.45) is 0 Å². The third-order valence-corrected chi connectivity index (χ3v) is 4.27. The van der Waals surface area contributed by atoms with E-state index in [0.717, 1.165) is 27.1 Å². The zero-order valence-corrected chi connectivity index (χ0v) is 12.4. The number of carbonyl (C=O) groups is 1. The maximum Gasteiger partial charge on any atom is 0.316 e. The molecule has 1 N–H and O–H groups in total. The molecule has 0 unspecified atom stereocenters. The van der Waals surface area contributed by atoms with E-state index >= 15 is 0 Å². The van der Waals surface area contributed by atoms with Gasteiger partial charge in [-0.15, -0.1) is 0 Å². The van der Waals surface area contributed by atoms with Gasteiger partial charge in [-0.2, -0.15) is 0 Å². The Hall–Kier alpha value is -2.20. The fraction of sp³-hybridized carbons (Fsp3) is 0.118. The first-order valence-corrected chi connectivity index (χ1v) is 7.64. The summed E-state index contributed by atoms with van der Waals surface area (Å²) in [6.45, 7) is 0. The van der Waals surface area contributed by atoms with Gasteiger partial charge in [0.2, 0.25) is 0 Å². The molecule has 0 saturated carbocycles. The van der Waals surface area contributed by atoms with E-state index in [-0.39, 0.29) is 5.97 Å². The van der Waals surface area contributed by atoms with Gasteiger partial charge in [-0.05, 0) is 11.6 Å². The Labute approximate surface area is 127 Å². The molecule has 0 aliphatic carbocycles. The van der Waals surface area contributed by atoms with Crippen LogP contribution in [0.25, 0.3) is 22.0 Å². The Morgan fingerprint density at radius 3 is 2.57 bits per heavy atom. The van der Waals surface area contributed by atoms with Crippen molar-refractivity contribution in [1.29, 1.82) is 0 Å². The number of fused-ring (bicyclic) bond motifs is 1. The van der Waals surface area contributed by atoms with E-state index in [2.05, 4.69) is 23.2 Å². The van der Waals surface area contributed by atoms with Crippen LogP contribution in [0.4, 0.5) is 0 Å². The number of nitrogens with one attached hydrogen (secondary N) is 1. The maximum absolute atomic E-state index is 11.4. The summed E-state index contributed by atoms with van der Waals surface area (Å²) in [6, 6.07) is 18.4. The van der Waals surface area contributed by atoms with E-state index in [0.29, 0.717) is 5.75 Å². The lowest BCUT2D eigenvalue weighted by Crippen LogP contribution is -2.03. The molecular weight excluding hydrogens is 282 g/mol. The molecular formula is C17H15NO2S. The SMILES string of the molecule is COC(=O)CSc1[nH]c2ccccc2c1-c1ccccc1. The zero-order chi connectivity index (χ0) is 14.7. The highest BCUT2D eigenvalue weighted by molar-refractivity contribution is 8.00. The van der Waals surface area contributed by atoms with Gasteiger partial charge in [0.15, 0.2) is 0 Å². The fourth-order valence-electron chi connectivity index (χ4n) is 2.31. The summed E-state index contributed by atoms with van der Waals surface area (Å²) < 4.78 is 4.72. The monoisotopic (exact) mass is 297 g/mol. The number of ether oxygens (including phenoxy) is 1. The van der Waals surface area contributed by atoms with Gasteiger partial charge in [0, 0.05) is 16.5 Å². The second kappa shape index (κ2) is 6.06. The predicted molar refractivity (Wildman–Crippen MR) is 86.5 cm³/mol. The topological polar surface area (TPSA) is 42.1 Å². The first kappa shape index (κ1) is 13.8. The quantitative estimate of drug-likeness (QED) is 0.582. The molecule has 0 atom stereocenters. The molecule has 3 rings (SSSR count). The van der Waals surface area contributed by atoms with Crippen molar-refractivity contribution in [2.75, 3.05) is 12.9 Å². The molecule has 1 aromatic heterocycles. The van der Waals surface area contributed by atoms with Crippen LogP contribution in [-0.2, 0) is 9.53 Å². The summed E-state index contributed by atoms with van der Waals surface area (Å²) >= 11 is 1.47. The van der Waals surface area contributed by atoms with Gasteiger partial charge in [-0.3, -0.25) is 4.79 Å². The van der Waals surface area contributed by atoms with Crippen LogP contribution in [0.15, 0.2) is 59.6 Å². The van der Waals surface area contributed by atoms with Crippen LogP contribution in [0, 0.1) is 0 Å². The largest absolute Gasteiger partial charge is 0.468 e. The number of aromatic amines is 1. The summed E-state index contributed by atoms with van der Waals surface area (Å²) in [5.41, 5.74) is 3.35. The molecule has 0 aliphatic rings. The Bertz CT molecular complexity index is 765. The molecule has 0 fully saturated rings. The van der Waals surface area contributed by atoms with Crippen molar-refractivity contribution >= 4 is 28.6 Å². The Morgan fingerprint density at radius 1 is 1.10 bits per heavy atom. The van der Waals surface area contributed by atoms with Gasteiger partial charge in [0.1, 0.15) is 0 Å². The molecule has 1 heterocycles. The molecule has 4 heteroatoms. The van der Waals surface area contributed by atoms with Crippen molar-refractivity contribution < 1.29 is 9.53 Å². The van der Waals surface area contributed by atoms with Crippen LogP contribution < -0.4 is 0 Å². The number of H-pyrrole nitrogens is 1. The number of rotatable bonds is 4. The summed E-state index contributed by atoms with van der Waals surface area (Å²) in [4.78, 5) is 14.8. The number of carbonyl (C=O) groups excluding carboxylic acids is 1. The molecule has 0 amide bonds. The lowest BCUT2D eigenvalue weighted by Gasteiger charge is -2.04. The molecule has 0 bridgehead atoms. The van der Waals surface area contributed by atoms with Crippen LogP contribution >= 0.6 is 11.8 Å². The fourth-order valence-corrected chi connectivity index (χ4v) is 3.24. The predicted octanol–water partition coefficient (Wildman–Crippen LogP) is 4.10. The smallest absolute Gasteiger partial charge is 0.316 e. The van der Waals surface area contributed by atoms with Crippen molar-refractivity contribution in [1.82, 2.24) is 4.98 Å². The minimum Gasteiger partial charge on any atom is -0.468 e. The number of benzene rings is 2. The molecule has 106 valence electrons. The molecule has 0 aliphatic heterocycles. The summed E-state index contributed by atoms with van der Waals surface area (Å²) in [6.07, 6.45) is 0. The van der Waals surface area contributed by atoms with E-state index in [9.17, 15) is 4.79 Å². The molecule has 0 saturated heterocycles. The van der Waals surface area contributed by atoms with Crippen LogP contribution in [0.2, 0.25) is 0 Å². The first-order chi connectivity index (χ1) is 10.3. The number of methoxy groups -OCH3 is 1. The van der Waals surface area contributed by atoms with E-state index < -0.39 is 0 Å². The highest BCUT2D eigenvalue weighted by Crippen LogP contribution is 2.37. The molecule has 0 spiro atoms. The normalized spacial score (nSPS) is 10.7. The highest BCUT2D eigenvalue weighted by Gasteiger charge is 2.14. The summed E-state index contributed by atoms with van der Waals surface area (Å²) in [5, 5.41) is 2.16. The molecule has 21 heavy (non-hydrogen) atoms. The summed E-state index contributed by atoms with van der Waals surface area (Å²) in [5.74, 6) is 0.0704. The lowest BCUT2D eigenvalue weighted by molar-refractivity contribution is -0.137. The lowest BCUT2D eigenvalue weighted by atomic mass is 10.1. The van der Waals surface area contributed by atoms with E-state index in [1.165, 1.54) is 18.9 Å². The molecule has 0 radical (unpaired) electrons.